The van der Waals surface area contributed by atoms with Crippen LogP contribution in [0.15, 0.2) is 24.3 Å². The van der Waals surface area contributed by atoms with Gasteiger partial charge in [-0.2, -0.15) is 0 Å². The van der Waals surface area contributed by atoms with E-state index in [0.29, 0.717) is 6.04 Å². The minimum atomic E-state index is 0.474. The van der Waals surface area contributed by atoms with E-state index in [1.54, 1.807) is 0 Å². The van der Waals surface area contributed by atoms with Gasteiger partial charge in [-0.3, -0.25) is 0 Å². The molecule has 0 radical (unpaired) electrons. The minimum absolute atomic E-state index is 0.474. The topological polar surface area (TPSA) is 15.3 Å². The van der Waals surface area contributed by atoms with Gasteiger partial charge in [0.1, 0.15) is 0 Å². The first-order chi connectivity index (χ1) is 9.72. The number of rotatable bonds is 6. The van der Waals surface area contributed by atoms with Crippen molar-refractivity contribution in [1.29, 1.82) is 0 Å². The first-order valence-electron chi connectivity index (χ1n) is 8.15. The fourth-order valence-electron chi connectivity index (χ4n) is 3.47. The van der Waals surface area contributed by atoms with Crippen LogP contribution in [0.3, 0.4) is 0 Å². The van der Waals surface area contributed by atoms with Crippen molar-refractivity contribution in [2.75, 3.05) is 20.6 Å². The van der Waals surface area contributed by atoms with E-state index in [0.717, 1.165) is 6.04 Å². The Morgan fingerprint density at radius 3 is 2.55 bits per heavy atom. The van der Waals surface area contributed by atoms with Crippen LogP contribution in [0.4, 0.5) is 0 Å². The zero-order chi connectivity index (χ0) is 14.4. The van der Waals surface area contributed by atoms with E-state index in [4.69, 9.17) is 0 Å². The summed E-state index contributed by atoms with van der Waals surface area (Å²) in [6, 6.07) is 10.0. The first kappa shape index (κ1) is 15.5. The average molecular weight is 274 g/mol. The summed E-state index contributed by atoms with van der Waals surface area (Å²) in [7, 11) is 4.39. The summed E-state index contributed by atoms with van der Waals surface area (Å²) in [6.45, 7) is 3.40. The van der Waals surface area contributed by atoms with Crippen LogP contribution in [0.2, 0.25) is 0 Å². The third kappa shape index (κ3) is 4.07. The highest BCUT2D eigenvalue weighted by Gasteiger charge is 2.19. The van der Waals surface area contributed by atoms with Crippen LogP contribution in [0, 0.1) is 6.92 Å². The number of aryl methyl sites for hydroxylation is 1. The van der Waals surface area contributed by atoms with Gasteiger partial charge < -0.3 is 10.2 Å². The summed E-state index contributed by atoms with van der Waals surface area (Å²) in [5, 5.41) is 3.49. The maximum atomic E-state index is 3.49. The Hall–Kier alpha value is -0.860. The smallest absolute Gasteiger partial charge is 0.0332 e. The summed E-state index contributed by atoms with van der Waals surface area (Å²) in [4.78, 5) is 2.59. The van der Waals surface area contributed by atoms with E-state index < -0.39 is 0 Å². The van der Waals surface area contributed by atoms with E-state index in [1.807, 2.05) is 0 Å². The summed E-state index contributed by atoms with van der Waals surface area (Å²) in [5.41, 5.74) is 2.85. The molecule has 1 aliphatic rings. The highest BCUT2D eigenvalue weighted by molar-refractivity contribution is 5.28. The lowest BCUT2D eigenvalue weighted by Gasteiger charge is -2.32. The Kier molecular flexibility index (Phi) is 6.06. The third-order valence-electron chi connectivity index (χ3n) is 4.88. The second-order valence-corrected chi connectivity index (χ2v) is 6.26. The van der Waals surface area contributed by atoms with Gasteiger partial charge in [-0.25, -0.2) is 0 Å². The molecule has 0 heterocycles. The number of hydrogen-bond donors (Lipinski definition) is 1. The second kappa shape index (κ2) is 7.80. The number of nitrogens with zero attached hydrogens (tertiary/aromatic N) is 1. The van der Waals surface area contributed by atoms with Crippen molar-refractivity contribution < 1.29 is 0 Å². The van der Waals surface area contributed by atoms with Crippen molar-refractivity contribution in [3.05, 3.63) is 35.4 Å². The van der Waals surface area contributed by atoms with E-state index in [9.17, 15) is 0 Å². The molecule has 1 saturated carbocycles. The zero-order valence-electron chi connectivity index (χ0n) is 13.4. The Morgan fingerprint density at radius 2 is 1.90 bits per heavy atom. The largest absolute Gasteiger partial charge is 0.313 e. The molecule has 1 aliphatic carbocycles. The Bertz CT molecular complexity index is 396. The van der Waals surface area contributed by atoms with Gasteiger partial charge in [0.2, 0.25) is 0 Å². The molecule has 2 rings (SSSR count). The highest BCUT2D eigenvalue weighted by Crippen LogP contribution is 2.24. The van der Waals surface area contributed by atoms with Gasteiger partial charge in [0.25, 0.3) is 0 Å². The predicted molar refractivity (Wildman–Crippen MR) is 87.1 cm³/mol. The second-order valence-electron chi connectivity index (χ2n) is 6.26. The molecule has 0 amide bonds. The van der Waals surface area contributed by atoms with Crippen LogP contribution in [-0.2, 0) is 0 Å². The van der Waals surface area contributed by atoms with Crippen LogP contribution < -0.4 is 5.32 Å². The van der Waals surface area contributed by atoms with Gasteiger partial charge in [0.05, 0.1) is 0 Å². The molecule has 0 aromatic heterocycles. The molecule has 1 fully saturated rings. The van der Waals surface area contributed by atoms with Gasteiger partial charge in [0.15, 0.2) is 0 Å². The quantitative estimate of drug-likeness (QED) is 0.846. The number of benzene rings is 1. The molecule has 0 bridgehead atoms. The van der Waals surface area contributed by atoms with Crippen molar-refractivity contribution in [3.63, 3.8) is 0 Å². The zero-order valence-corrected chi connectivity index (χ0v) is 13.4. The minimum Gasteiger partial charge on any atom is -0.313 e. The lowest BCUT2D eigenvalue weighted by molar-refractivity contribution is 0.184. The number of hydrogen-bond acceptors (Lipinski definition) is 2. The summed E-state index contributed by atoms with van der Waals surface area (Å²) < 4.78 is 0. The molecule has 1 unspecified atom stereocenters. The Labute approximate surface area is 124 Å². The molecular formula is C18H30N2. The van der Waals surface area contributed by atoms with E-state index >= 15 is 0 Å². The molecule has 0 spiro atoms. The molecule has 0 saturated heterocycles. The summed E-state index contributed by atoms with van der Waals surface area (Å²) in [6.07, 6.45) is 8.25. The molecular weight excluding hydrogens is 244 g/mol. The van der Waals surface area contributed by atoms with Gasteiger partial charge in [-0.1, -0.05) is 43.5 Å². The van der Waals surface area contributed by atoms with Crippen LogP contribution >= 0.6 is 0 Å². The fourth-order valence-corrected chi connectivity index (χ4v) is 3.47. The van der Waals surface area contributed by atoms with Gasteiger partial charge >= 0.3 is 0 Å². The van der Waals surface area contributed by atoms with Crippen molar-refractivity contribution >= 4 is 0 Å². The molecule has 0 aliphatic heterocycles. The van der Waals surface area contributed by atoms with Crippen molar-refractivity contribution in [2.45, 2.75) is 57.5 Å². The molecule has 1 aromatic rings. The molecule has 1 atom stereocenters. The standard InChI is InChI=1S/C18H30N2/c1-15-9-7-8-12-17(15)18(19-2)13-14-20(3)16-10-5-4-6-11-16/h7-9,12,16,18-19H,4-6,10-11,13-14H2,1-3H3. The monoisotopic (exact) mass is 274 g/mol. The Morgan fingerprint density at radius 1 is 1.20 bits per heavy atom. The molecule has 1 N–H and O–H groups in total. The fraction of sp³-hybridized carbons (Fsp3) is 0.667. The predicted octanol–water partition coefficient (Wildman–Crippen LogP) is 3.91. The molecule has 112 valence electrons. The maximum Gasteiger partial charge on any atom is 0.0332 e. The van der Waals surface area contributed by atoms with Crippen molar-refractivity contribution in [2.24, 2.45) is 0 Å². The normalized spacial score (nSPS) is 18.4. The summed E-state index contributed by atoms with van der Waals surface area (Å²) in [5.74, 6) is 0. The van der Waals surface area contributed by atoms with Crippen LogP contribution in [0.1, 0.15) is 55.7 Å². The van der Waals surface area contributed by atoms with Crippen molar-refractivity contribution in [1.82, 2.24) is 10.2 Å². The average Bonchev–Trinajstić information content (AvgIpc) is 2.50. The molecule has 2 nitrogen and oxygen atoms in total. The SMILES string of the molecule is CNC(CCN(C)C1CCCCC1)c1ccccc1C. The summed E-state index contributed by atoms with van der Waals surface area (Å²) >= 11 is 0. The number of nitrogens with one attached hydrogen (secondary N) is 1. The van der Waals surface area contributed by atoms with E-state index in [1.165, 1.54) is 56.2 Å². The third-order valence-corrected chi connectivity index (χ3v) is 4.88. The van der Waals surface area contributed by atoms with Crippen LogP contribution in [0.25, 0.3) is 0 Å². The van der Waals surface area contributed by atoms with Crippen LogP contribution in [-0.4, -0.2) is 31.6 Å². The highest BCUT2D eigenvalue weighted by atomic mass is 15.1. The lowest BCUT2D eigenvalue weighted by atomic mass is 9.93. The lowest BCUT2D eigenvalue weighted by Crippen LogP contribution is -2.35. The molecule has 20 heavy (non-hydrogen) atoms. The van der Waals surface area contributed by atoms with Crippen LogP contribution in [0.5, 0.6) is 0 Å². The molecule has 2 heteroatoms. The molecule has 1 aromatic carbocycles. The van der Waals surface area contributed by atoms with Gasteiger partial charge in [-0.05, 0) is 58.0 Å². The van der Waals surface area contributed by atoms with E-state index in [2.05, 4.69) is 55.5 Å². The van der Waals surface area contributed by atoms with Gasteiger partial charge in [0, 0.05) is 12.1 Å². The Balaban J connectivity index is 1.89. The van der Waals surface area contributed by atoms with Crippen molar-refractivity contribution in [3.8, 4) is 0 Å². The van der Waals surface area contributed by atoms with E-state index in [-0.39, 0.29) is 0 Å². The van der Waals surface area contributed by atoms with Gasteiger partial charge in [-0.15, -0.1) is 0 Å². The maximum absolute atomic E-state index is 3.49. The first-order valence-corrected chi connectivity index (χ1v) is 8.15.